The number of hydrogen-bond donors (Lipinski definition) is 0. The molecule has 2 aromatic rings. The van der Waals surface area contributed by atoms with Crippen molar-refractivity contribution in [3.63, 3.8) is 0 Å². The average Bonchev–Trinajstić information content (AvgIpc) is 2.65. The highest BCUT2D eigenvalue weighted by atomic mass is 127. The lowest BCUT2D eigenvalue weighted by Gasteiger charge is -2.17. The van der Waals surface area contributed by atoms with Gasteiger partial charge in [0, 0.05) is 5.56 Å². The fraction of sp³-hybridized carbons (Fsp3) is 0.600. The van der Waals surface area contributed by atoms with E-state index in [0.29, 0.717) is 5.92 Å². The largest absolute Gasteiger partial charge is 0.231 e. The van der Waals surface area contributed by atoms with E-state index in [1.807, 2.05) is 4.52 Å². The summed E-state index contributed by atoms with van der Waals surface area (Å²) in [4.78, 5) is 4.73. The van der Waals surface area contributed by atoms with Crippen LogP contribution in [0.2, 0.25) is 0 Å². The summed E-state index contributed by atoms with van der Waals surface area (Å²) in [7, 11) is 0. The standard InChI is InChI=1S/C15H22IN3/c1-5-7-12(8-6-2)13-9-10(3)18-19-14(16)11(4)17-15(13)19/h9,12H,5-8H2,1-4H3. The Morgan fingerprint density at radius 3 is 2.42 bits per heavy atom. The third kappa shape index (κ3) is 2.93. The molecule has 19 heavy (non-hydrogen) atoms. The van der Waals surface area contributed by atoms with Crippen LogP contribution in [-0.4, -0.2) is 14.6 Å². The minimum Gasteiger partial charge on any atom is -0.231 e. The molecule has 2 aromatic heterocycles. The molecule has 4 heteroatoms. The Morgan fingerprint density at radius 2 is 1.84 bits per heavy atom. The van der Waals surface area contributed by atoms with Crippen molar-refractivity contribution in [3.05, 3.63) is 26.7 Å². The van der Waals surface area contributed by atoms with Gasteiger partial charge in [0.15, 0.2) is 5.65 Å². The van der Waals surface area contributed by atoms with Gasteiger partial charge >= 0.3 is 0 Å². The maximum Gasteiger partial charge on any atom is 0.158 e. The van der Waals surface area contributed by atoms with Gasteiger partial charge in [-0.25, -0.2) is 9.50 Å². The van der Waals surface area contributed by atoms with Gasteiger partial charge in [-0.05, 0) is 61.3 Å². The van der Waals surface area contributed by atoms with Gasteiger partial charge in [-0.1, -0.05) is 26.7 Å². The predicted molar refractivity (Wildman–Crippen MR) is 87.7 cm³/mol. The number of hydrogen-bond acceptors (Lipinski definition) is 2. The van der Waals surface area contributed by atoms with Crippen LogP contribution in [0.5, 0.6) is 0 Å². The molecule has 0 aromatic carbocycles. The first kappa shape index (κ1) is 14.8. The highest BCUT2D eigenvalue weighted by Gasteiger charge is 2.18. The van der Waals surface area contributed by atoms with Crippen LogP contribution >= 0.6 is 22.6 Å². The first-order chi connectivity index (χ1) is 9.08. The molecule has 0 atom stereocenters. The minimum atomic E-state index is 0.608. The van der Waals surface area contributed by atoms with Crippen LogP contribution < -0.4 is 0 Å². The number of aromatic nitrogens is 3. The Kier molecular flexibility index (Phi) is 4.81. The zero-order valence-electron chi connectivity index (χ0n) is 12.2. The number of fused-ring (bicyclic) bond motifs is 1. The van der Waals surface area contributed by atoms with Crippen LogP contribution in [0.3, 0.4) is 0 Å². The maximum absolute atomic E-state index is 4.73. The summed E-state index contributed by atoms with van der Waals surface area (Å²) < 4.78 is 3.14. The molecule has 0 unspecified atom stereocenters. The number of aryl methyl sites for hydroxylation is 2. The van der Waals surface area contributed by atoms with E-state index in [1.165, 1.54) is 31.2 Å². The summed E-state index contributed by atoms with van der Waals surface area (Å²) in [6.07, 6.45) is 4.90. The highest BCUT2D eigenvalue weighted by Crippen LogP contribution is 2.30. The summed E-state index contributed by atoms with van der Waals surface area (Å²) >= 11 is 2.34. The van der Waals surface area contributed by atoms with Gasteiger partial charge in [-0.15, -0.1) is 0 Å². The second-order valence-corrected chi connectivity index (χ2v) is 6.26. The lowest BCUT2D eigenvalue weighted by Crippen LogP contribution is -2.06. The van der Waals surface area contributed by atoms with Crippen LogP contribution in [0.25, 0.3) is 5.65 Å². The Labute approximate surface area is 129 Å². The van der Waals surface area contributed by atoms with E-state index in [0.717, 1.165) is 20.7 Å². The molecular formula is C15H22IN3. The second kappa shape index (κ2) is 6.20. The van der Waals surface area contributed by atoms with Crippen LogP contribution in [-0.2, 0) is 0 Å². The molecule has 2 heterocycles. The first-order valence-corrected chi connectivity index (χ1v) is 8.18. The molecule has 0 amide bonds. The van der Waals surface area contributed by atoms with Crippen LogP contribution in [0, 0.1) is 17.5 Å². The predicted octanol–water partition coefficient (Wildman–Crippen LogP) is 4.63. The third-order valence-corrected chi connectivity index (χ3v) is 4.79. The van der Waals surface area contributed by atoms with E-state index >= 15 is 0 Å². The van der Waals surface area contributed by atoms with Gasteiger partial charge in [0.2, 0.25) is 0 Å². The van der Waals surface area contributed by atoms with Crippen LogP contribution in [0.1, 0.15) is 62.4 Å². The van der Waals surface area contributed by atoms with E-state index in [4.69, 9.17) is 4.98 Å². The molecule has 3 nitrogen and oxygen atoms in total. The molecule has 0 bridgehead atoms. The van der Waals surface area contributed by atoms with Crippen molar-refractivity contribution in [2.24, 2.45) is 0 Å². The van der Waals surface area contributed by atoms with E-state index in [2.05, 4.69) is 61.5 Å². The van der Waals surface area contributed by atoms with E-state index in [9.17, 15) is 0 Å². The second-order valence-electron chi connectivity index (χ2n) is 5.24. The van der Waals surface area contributed by atoms with Gasteiger partial charge in [-0.3, -0.25) is 0 Å². The fourth-order valence-corrected chi connectivity index (χ4v) is 3.16. The van der Waals surface area contributed by atoms with Crippen LogP contribution in [0.4, 0.5) is 0 Å². The average molecular weight is 371 g/mol. The number of rotatable bonds is 5. The Bertz CT molecular complexity index is 568. The van der Waals surface area contributed by atoms with Gasteiger partial charge < -0.3 is 0 Å². The van der Waals surface area contributed by atoms with Crippen molar-refractivity contribution in [2.45, 2.75) is 59.3 Å². The summed E-state index contributed by atoms with van der Waals surface area (Å²) in [6.45, 7) is 8.65. The van der Waals surface area contributed by atoms with Crippen molar-refractivity contribution in [1.82, 2.24) is 14.6 Å². The normalized spacial score (nSPS) is 11.7. The molecule has 0 saturated heterocycles. The van der Waals surface area contributed by atoms with Crippen LogP contribution in [0.15, 0.2) is 6.07 Å². The first-order valence-electron chi connectivity index (χ1n) is 7.10. The van der Waals surface area contributed by atoms with Crippen molar-refractivity contribution in [1.29, 1.82) is 0 Å². The lowest BCUT2D eigenvalue weighted by molar-refractivity contribution is 0.559. The molecule has 0 saturated carbocycles. The molecule has 0 radical (unpaired) electrons. The SMILES string of the molecule is CCCC(CCC)c1cc(C)nn2c(I)c(C)nc12. The zero-order valence-corrected chi connectivity index (χ0v) is 14.4. The monoisotopic (exact) mass is 371 g/mol. The van der Waals surface area contributed by atoms with E-state index < -0.39 is 0 Å². The molecule has 0 fully saturated rings. The molecule has 0 aliphatic heterocycles. The molecule has 0 spiro atoms. The minimum absolute atomic E-state index is 0.608. The maximum atomic E-state index is 4.73. The van der Waals surface area contributed by atoms with Crippen molar-refractivity contribution in [2.75, 3.05) is 0 Å². The van der Waals surface area contributed by atoms with Crippen molar-refractivity contribution < 1.29 is 0 Å². The molecule has 0 N–H and O–H groups in total. The van der Waals surface area contributed by atoms with Gasteiger partial charge in [-0.2, -0.15) is 5.10 Å². The summed E-state index contributed by atoms with van der Waals surface area (Å²) in [5.41, 5.74) is 4.59. The van der Waals surface area contributed by atoms with Gasteiger partial charge in [0.05, 0.1) is 11.4 Å². The molecule has 0 aliphatic rings. The zero-order chi connectivity index (χ0) is 14.0. The molecular weight excluding hydrogens is 349 g/mol. The smallest absolute Gasteiger partial charge is 0.158 e. The highest BCUT2D eigenvalue weighted by molar-refractivity contribution is 14.1. The molecule has 0 aliphatic carbocycles. The van der Waals surface area contributed by atoms with Crippen molar-refractivity contribution in [3.8, 4) is 0 Å². The number of halogens is 1. The third-order valence-electron chi connectivity index (χ3n) is 3.55. The Hall–Kier alpha value is -0.650. The van der Waals surface area contributed by atoms with Gasteiger partial charge in [0.1, 0.15) is 3.70 Å². The topological polar surface area (TPSA) is 30.2 Å². The summed E-state index contributed by atoms with van der Waals surface area (Å²) in [5, 5.41) is 4.61. The quantitative estimate of drug-likeness (QED) is 0.717. The fourth-order valence-electron chi connectivity index (χ4n) is 2.71. The Balaban J connectivity index is 2.60. The van der Waals surface area contributed by atoms with E-state index in [-0.39, 0.29) is 0 Å². The Morgan fingerprint density at radius 1 is 1.21 bits per heavy atom. The number of nitrogens with zero attached hydrogens (tertiary/aromatic N) is 3. The van der Waals surface area contributed by atoms with E-state index in [1.54, 1.807) is 0 Å². The lowest BCUT2D eigenvalue weighted by atomic mass is 9.91. The van der Waals surface area contributed by atoms with Crippen molar-refractivity contribution >= 4 is 28.2 Å². The molecule has 2 rings (SSSR count). The summed E-state index contributed by atoms with van der Waals surface area (Å²) in [6, 6.07) is 2.23. The summed E-state index contributed by atoms with van der Waals surface area (Å²) in [5.74, 6) is 0.608. The molecule has 104 valence electrons. The number of imidazole rings is 1. The van der Waals surface area contributed by atoms with Gasteiger partial charge in [0.25, 0.3) is 0 Å².